The standard InChI is InChI=1S/C28H35N5O4/c1-5-18-14-32-11-9-19(18)12-25(32)27(22-8-10-29-24-7-6-21(36-4)13-23(22)24)37-16-20-15-33(31-30-20)26(17(2)3)28(34)35/h5-8,10,13,15,17-19,25-27H,1,9,11-12,14,16H2,2-4H3,(H,34,35)/t18-,19-,25+,26-,27+/m0/s1. The smallest absolute Gasteiger partial charge is 0.328 e. The van der Waals surface area contributed by atoms with E-state index in [0.29, 0.717) is 17.5 Å². The summed E-state index contributed by atoms with van der Waals surface area (Å²) in [4.78, 5) is 18.9. The SMILES string of the molecule is C=C[C@H]1CN2CC[C@H]1C[C@@H]2[C@H](OCc1cn([C@H](C(=O)O)C(C)C)nn1)c1ccnc2ccc(OC)cc12. The van der Waals surface area contributed by atoms with Crippen LogP contribution in [-0.2, 0) is 16.1 Å². The number of rotatable bonds is 10. The molecule has 2 bridgehead atoms. The maximum Gasteiger partial charge on any atom is 0.328 e. The van der Waals surface area contributed by atoms with Gasteiger partial charge in [0.05, 0.1) is 31.5 Å². The van der Waals surface area contributed by atoms with Crippen LogP contribution in [0.4, 0.5) is 0 Å². The Bertz CT molecular complexity index is 1270. The molecule has 2 aromatic heterocycles. The number of ether oxygens (including phenoxy) is 2. The maximum absolute atomic E-state index is 11.8. The first-order valence-electron chi connectivity index (χ1n) is 12.9. The van der Waals surface area contributed by atoms with E-state index in [1.165, 1.54) is 11.1 Å². The van der Waals surface area contributed by atoms with E-state index in [2.05, 4.69) is 32.9 Å². The van der Waals surface area contributed by atoms with Gasteiger partial charge in [-0.3, -0.25) is 9.88 Å². The second kappa shape index (κ2) is 10.6. The zero-order valence-electron chi connectivity index (χ0n) is 21.7. The van der Waals surface area contributed by atoms with Crippen LogP contribution in [0.15, 0.2) is 49.3 Å². The van der Waals surface area contributed by atoms with Gasteiger partial charge in [0.2, 0.25) is 0 Å². The van der Waals surface area contributed by atoms with E-state index in [1.54, 1.807) is 13.3 Å². The van der Waals surface area contributed by atoms with E-state index >= 15 is 0 Å². The van der Waals surface area contributed by atoms with Crippen LogP contribution in [-0.4, -0.2) is 62.2 Å². The number of carbonyl (C=O) groups is 1. The van der Waals surface area contributed by atoms with Crippen molar-refractivity contribution in [3.63, 3.8) is 0 Å². The van der Waals surface area contributed by atoms with Crippen molar-refractivity contribution in [2.45, 2.75) is 51.5 Å². The highest BCUT2D eigenvalue weighted by Gasteiger charge is 2.43. The predicted molar refractivity (Wildman–Crippen MR) is 139 cm³/mol. The molecule has 6 atom stereocenters. The fraction of sp³-hybridized carbons (Fsp3) is 0.500. The van der Waals surface area contributed by atoms with Gasteiger partial charge in [-0.2, -0.15) is 0 Å². The van der Waals surface area contributed by atoms with Gasteiger partial charge in [0, 0.05) is 24.2 Å². The quantitative estimate of drug-likeness (QED) is 0.408. The highest BCUT2D eigenvalue weighted by molar-refractivity contribution is 5.84. The van der Waals surface area contributed by atoms with Gasteiger partial charge in [-0.15, -0.1) is 11.7 Å². The Balaban J connectivity index is 1.47. The molecule has 0 amide bonds. The van der Waals surface area contributed by atoms with Crippen molar-refractivity contribution in [1.82, 2.24) is 24.9 Å². The Morgan fingerprint density at radius 3 is 2.84 bits per heavy atom. The molecule has 0 spiro atoms. The number of carboxylic acids is 1. The summed E-state index contributed by atoms with van der Waals surface area (Å²) in [6.45, 7) is 10.0. The Hall–Kier alpha value is -3.30. The van der Waals surface area contributed by atoms with Crippen LogP contribution in [0.25, 0.3) is 10.9 Å². The molecule has 5 heterocycles. The number of nitrogens with zero attached hydrogens (tertiary/aromatic N) is 5. The van der Waals surface area contributed by atoms with Crippen LogP contribution in [0.5, 0.6) is 5.75 Å². The lowest BCUT2D eigenvalue weighted by molar-refractivity contribution is -0.142. The summed E-state index contributed by atoms with van der Waals surface area (Å²) in [5, 5.41) is 19.0. The van der Waals surface area contributed by atoms with Crippen molar-refractivity contribution >= 4 is 16.9 Å². The van der Waals surface area contributed by atoms with Crippen LogP contribution < -0.4 is 4.74 Å². The Morgan fingerprint density at radius 1 is 1.32 bits per heavy atom. The molecule has 37 heavy (non-hydrogen) atoms. The molecule has 1 N–H and O–H groups in total. The molecule has 1 aromatic carbocycles. The van der Waals surface area contributed by atoms with E-state index in [9.17, 15) is 9.90 Å². The van der Waals surface area contributed by atoms with Crippen molar-refractivity contribution in [3.8, 4) is 5.75 Å². The van der Waals surface area contributed by atoms with Crippen molar-refractivity contribution in [2.75, 3.05) is 20.2 Å². The molecule has 0 saturated carbocycles. The number of piperidine rings is 3. The summed E-state index contributed by atoms with van der Waals surface area (Å²) in [5.74, 6) is 0.815. The second-order valence-corrected chi connectivity index (χ2v) is 10.5. The number of hydrogen-bond donors (Lipinski definition) is 1. The highest BCUT2D eigenvalue weighted by Crippen LogP contribution is 2.44. The minimum atomic E-state index is -0.926. The first kappa shape index (κ1) is 25.4. The summed E-state index contributed by atoms with van der Waals surface area (Å²) in [6.07, 6.45) is 7.59. The monoisotopic (exact) mass is 505 g/mol. The van der Waals surface area contributed by atoms with Crippen LogP contribution >= 0.6 is 0 Å². The summed E-state index contributed by atoms with van der Waals surface area (Å²) in [7, 11) is 1.66. The molecule has 9 nitrogen and oxygen atoms in total. The van der Waals surface area contributed by atoms with Crippen LogP contribution in [0.3, 0.4) is 0 Å². The lowest BCUT2D eigenvalue weighted by Gasteiger charge is -2.51. The molecule has 3 fully saturated rings. The average molecular weight is 506 g/mol. The van der Waals surface area contributed by atoms with E-state index in [4.69, 9.17) is 9.47 Å². The third kappa shape index (κ3) is 4.98. The van der Waals surface area contributed by atoms with Crippen molar-refractivity contribution in [3.05, 3.63) is 60.6 Å². The molecule has 3 saturated heterocycles. The first-order valence-corrected chi connectivity index (χ1v) is 12.9. The van der Waals surface area contributed by atoms with Gasteiger partial charge >= 0.3 is 5.97 Å². The van der Waals surface area contributed by atoms with Gasteiger partial charge in [-0.05, 0) is 67.0 Å². The molecular formula is C28H35N5O4. The van der Waals surface area contributed by atoms with E-state index in [-0.39, 0.29) is 24.7 Å². The molecule has 3 aliphatic heterocycles. The van der Waals surface area contributed by atoms with Gasteiger partial charge in [-0.1, -0.05) is 25.1 Å². The number of hydrogen-bond acceptors (Lipinski definition) is 7. The molecular weight excluding hydrogens is 470 g/mol. The third-order valence-electron chi connectivity index (χ3n) is 7.93. The number of carboxylic acid groups (broad SMARTS) is 1. The van der Waals surface area contributed by atoms with E-state index in [0.717, 1.165) is 41.7 Å². The first-order chi connectivity index (χ1) is 17.9. The molecule has 6 rings (SSSR count). The summed E-state index contributed by atoms with van der Waals surface area (Å²) >= 11 is 0. The fourth-order valence-electron chi connectivity index (χ4n) is 6.02. The zero-order chi connectivity index (χ0) is 26.1. The van der Waals surface area contributed by atoms with Crippen molar-refractivity contribution < 1.29 is 19.4 Å². The van der Waals surface area contributed by atoms with E-state index < -0.39 is 12.0 Å². The Morgan fingerprint density at radius 2 is 2.16 bits per heavy atom. The third-order valence-corrected chi connectivity index (χ3v) is 7.93. The minimum absolute atomic E-state index is 0.123. The topological polar surface area (TPSA) is 103 Å². The van der Waals surface area contributed by atoms with Gasteiger partial charge < -0.3 is 14.6 Å². The lowest BCUT2D eigenvalue weighted by Crippen LogP contribution is -2.55. The molecule has 3 aliphatic rings. The summed E-state index contributed by atoms with van der Waals surface area (Å²) < 4.78 is 13.6. The number of aromatic nitrogens is 4. The largest absolute Gasteiger partial charge is 0.497 e. The summed E-state index contributed by atoms with van der Waals surface area (Å²) in [6, 6.07) is 7.37. The molecule has 196 valence electrons. The molecule has 1 unspecified atom stereocenters. The normalized spacial score (nSPS) is 24.8. The average Bonchev–Trinajstić information content (AvgIpc) is 3.36. The molecule has 0 radical (unpaired) electrons. The number of benzene rings is 1. The molecule has 3 aromatic rings. The number of methoxy groups -OCH3 is 1. The van der Waals surface area contributed by atoms with Crippen molar-refractivity contribution in [2.24, 2.45) is 17.8 Å². The molecule has 9 heteroatoms. The zero-order valence-corrected chi connectivity index (χ0v) is 21.7. The second-order valence-electron chi connectivity index (χ2n) is 10.5. The minimum Gasteiger partial charge on any atom is -0.497 e. The van der Waals surface area contributed by atoms with Crippen LogP contribution in [0.2, 0.25) is 0 Å². The van der Waals surface area contributed by atoms with Gasteiger partial charge in [0.25, 0.3) is 0 Å². The number of aliphatic carboxylic acids is 1. The predicted octanol–water partition coefficient (Wildman–Crippen LogP) is 4.27. The van der Waals surface area contributed by atoms with Gasteiger partial charge in [-0.25, -0.2) is 9.48 Å². The lowest BCUT2D eigenvalue weighted by atomic mass is 9.73. The Kier molecular flexibility index (Phi) is 7.26. The fourth-order valence-corrected chi connectivity index (χ4v) is 6.02. The highest BCUT2D eigenvalue weighted by atomic mass is 16.5. The van der Waals surface area contributed by atoms with Gasteiger partial charge in [0.1, 0.15) is 11.4 Å². The summed E-state index contributed by atoms with van der Waals surface area (Å²) in [5.41, 5.74) is 2.56. The Labute approximate surface area is 217 Å². The van der Waals surface area contributed by atoms with Gasteiger partial charge in [0.15, 0.2) is 6.04 Å². The number of pyridine rings is 1. The maximum atomic E-state index is 11.8. The number of fused-ring (bicyclic) bond motifs is 4. The van der Waals surface area contributed by atoms with Crippen molar-refractivity contribution in [1.29, 1.82) is 0 Å². The molecule has 0 aliphatic carbocycles. The van der Waals surface area contributed by atoms with Crippen LogP contribution in [0, 0.1) is 17.8 Å². The van der Waals surface area contributed by atoms with Crippen LogP contribution in [0.1, 0.15) is 50.1 Å². The van der Waals surface area contributed by atoms with E-state index in [1.807, 2.05) is 44.3 Å².